The summed E-state index contributed by atoms with van der Waals surface area (Å²) in [4.78, 5) is 3.91. The first-order chi connectivity index (χ1) is 9.06. The minimum absolute atomic E-state index is 0.0816. The molecule has 6 heteroatoms. The van der Waals surface area contributed by atoms with Gasteiger partial charge >= 0.3 is 0 Å². The lowest BCUT2D eigenvalue weighted by molar-refractivity contribution is 0.333. The summed E-state index contributed by atoms with van der Waals surface area (Å²) in [6.07, 6.45) is 7.81. The van der Waals surface area contributed by atoms with Crippen molar-refractivity contribution >= 4 is 15.7 Å². The highest BCUT2D eigenvalue weighted by atomic mass is 32.2. The van der Waals surface area contributed by atoms with E-state index in [1.807, 2.05) is 0 Å². The van der Waals surface area contributed by atoms with E-state index < -0.39 is 10.0 Å². The number of nitrogens with one attached hydrogen (secondary N) is 1. The Morgan fingerprint density at radius 2 is 2.21 bits per heavy atom. The van der Waals surface area contributed by atoms with E-state index >= 15 is 0 Å². The summed E-state index contributed by atoms with van der Waals surface area (Å²) in [5.74, 6) is 2.02. The van der Waals surface area contributed by atoms with Gasteiger partial charge in [0.25, 0.3) is 0 Å². The number of pyridine rings is 1. The molecule has 2 saturated carbocycles. The van der Waals surface area contributed by atoms with Gasteiger partial charge in [0.05, 0.1) is 5.69 Å². The lowest BCUT2D eigenvalue weighted by Gasteiger charge is -2.21. The van der Waals surface area contributed by atoms with Crippen LogP contribution in [0.15, 0.2) is 23.4 Å². The van der Waals surface area contributed by atoms with Crippen LogP contribution < -0.4 is 10.5 Å². The molecule has 1 aromatic rings. The van der Waals surface area contributed by atoms with Crippen LogP contribution in [0, 0.1) is 17.8 Å². The molecule has 1 aromatic heterocycles. The highest BCUT2D eigenvalue weighted by molar-refractivity contribution is 7.89. The van der Waals surface area contributed by atoms with Crippen LogP contribution in [0.5, 0.6) is 0 Å². The Labute approximate surface area is 113 Å². The van der Waals surface area contributed by atoms with Gasteiger partial charge in [-0.05, 0) is 43.1 Å². The highest BCUT2D eigenvalue weighted by Crippen LogP contribution is 2.48. The molecule has 5 nitrogen and oxygen atoms in total. The van der Waals surface area contributed by atoms with Crippen LogP contribution >= 0.6 is 0 Å². The number of nitrogen functional groups attached to an aromatic ring is 1. The Morgan fingerprint density at radius 3 is 2.84 bits per heavy atom. The summed E-state index contributed by atoms with van der Waals surface area (Å²) in [7, 11) is -3.53. The van der Waals surface area contributed by atoms with E-state index in [4.69, 9.17) is 5.73 Å². The van der Waals surface area contributed by atoms with Crippen LogP contribution in [0.25, 0.3) is 0 Å². The molecule has 3 unspecified atom stereocenters. The van der Waals surface area contributed by atoms with Gasteiger partial charge in [-0.25, -0.2) is 13.1 Å². The average Bonchev–Trinajstić information content (AvgIpc) is 2.99. The van der Waals surface area contributed by atoms with Crippen molar-refractivity contribution in [2.24, 2.45) is 17.8 Å². The molecule has 3 rings (SSSR count). The van der Waals surface area contributed by atoms with Crippen LogP contribution in [0.3, 0.4) is 0 Å². The molecule has 0 aliphatic heterocycles. The lowest BCUT2D eigenvalue weighted by Crippen LogP contribution is -2.32. The minimum atomic E-state index is -3.53. The van der Waals surface area contributed by atoms with Gasteiger partial charge in [-0.3, -0.25) is 4.98 Å². The molecule has 0 spiro atoms. The maximum absolute atomic E-state index is 12.2. The first-order valence-corrected chi connectivity index (χ1v) is 8.24. The quantitative estimate of drug-likeness (QED) is 0.873. The van der Waals surface area contributed by atoms with E-state index in [1.165, 1.54) is 37.7 Å². The summed E-state index contributed by atoms with van der Waals surface area (Å²) in [6.45, 7) is 0.526. The fourth-order valence-corrected chi connectivity index (χ4v) is 4.70. The number of sulfonamides is 1. The maximum Gasteiger partial charge on any atom is 0.244 e. The molecule has 2 fully saturated rings. The van der Waals surface area contributed by atoms with E-state index in [0.29, 0.717) is 18.4 Å². The van der Waals surface area contributed by atoms with Gasteiger partial charge in [0, 0.05) is 18.9 Å². The van der Waals surface area contributed by atoms with E-state index in [-0.39, 0.29) is 10.6 Å². The molecule has 1 heterocycles. The monoisotopic (exact) mass is 281 g/mol. The molecule has 2 bridgehead atoms. The second kappa shape index (κ2) is 4.76. The van der Waals surface area contributed by atoms with Crippen LogP contribution in [-0.2, 0) is 10.0 Å². The van der Waals surface area contributed by atoms with Crippen molar-refractivity contribution in [1.29, 1.82) is 0 Å². The predicted molar refractivity (Wildman–Crippen MR) is 72.8 cm³/mol. The summed E-state index contributed by atoms with van der Waals surface area (Å²) in [5.41, 5.74) is 5.94. The number of nitrogens with zero attached hydrogens (tertiary/aromatic N) is 1. The molecular weight excluding hydrogens is 262 g/mol. The van der Waals surface area contributed by atoms with Crippen molar-refractivity contribution in [3.8, 4) is 0 Å². The Kier molecular flexibility index (Phi) is 3.22. The molecule has 0 aromatic carbocycles. The molecule has 0 saturated heterocycles. The maximum atomic E-state index is 12.2. The van der Waals surface area contributed by atoms with Crippen molar-refractivity contribution in [2.45, 2.75) is 30.6 Å². The number of fused-ring (bicyclic) bond motifs is 2. The number of anilines is 1. The van der Waals surface area contributed by atoms with Gasteiger partial charge in [0.15, 0.2) is 0 Å². The average molecular weight is 281 g/mol. The SMILES string of the molecule is Nc1ccncc1S(=O)(=O)NCC1CC2CCC1C2. The summed E-state index contributed by atoms with van der Waals surface area (Å²) in [5, 5.41) is 0. The molecule has 2 aliphatic rings. The molecule has 2 aliphatic carbocycles. The normalized spacial score (nSPS) is 29.8. The van der Waals surface area contributed by atoms with Crippen molar-refractivity contribution < 1.29 is 8.42 Å². The number of hydrogen-bond acceptors (Lipinski definition) is 4. The smallest absolute Gasteiger partial charge is 0.244 e. The minimum Gasteiger partial charge on any atom is -0.398 e. The van der Waals surface area contributed by atoms with E-state index in [0.717, 1.165) is 12.3 Å². The second-order valence-electron chi connectivity index (χ2n) is 5.70. The van der Waals surface area contributed by atoms with Gasteiger partial charge in [-0.2, -0.15) is 0 Å². The third-order valence-corrected chi connectivity index (χ3v) is 5.99. The van der Waals surface area contributed by atoms with Crippen molar-refractivity contribution in [3.63, 3.8) is 0 Å². The topological polar surface area (TPSA) is 85.1 Å². The number of rotatable bonds is 4. The molecule has 0 radical (unpaired) electrons. The van der Waals surface area contributed by atoms with E-state index in [9.17, 15) is 8.42 Å². The zero-order chi connectivity index (χ0) is 13.5. The molecule has 19 heavy (non-hydrogen) atoms. The van der Waals surface area contributed by atoms with Gasteiger partial charge in [0.1, 0.15) is 4.90 Å². The summed E-state index contributed by atoms with van der Waals surface area (Å²) in [6, 6.07) is 1.51. The summed E-state index contributed by atoms with van der Waals surface area (Å²) < 4.78 is 27.1. The van der Waals surface area contributed by atoms with Crippen molar-refractivity contribution in [3.05, 3.63) is 18.5 Å². The first-order valence-electron chi connectivity index (χ1n) is 6.75. The van der Waals surface area contributed by atoms with Gasteiger partial charge < -0.3 is 5.73 Å². The zero-order valence-electron chi connectivity index (χ0n) is 10.7. The largest absolute Gasteiger partial charge is 0.398 e. The van der Waals surface area contributed by atoms with Gasteiger partial charge in [0.2, 0.25) is 10.0 Å². The van der Waals surface area contributed by atoms with Crippen LogP contribution in [0.4, 0.5) is 5.69 Å². The van der Waals surface area contributed by atoms with Crippen LogP contribution in [0.2, 0.25) is 0 Å². The second-order valence-corrected chi connectivity index (χ2v) is 7.44. The lowest BCUT2D eigenvalue weighted by atomic mass is 9.89. The molecule has 3 N–H and O–H groups in total. The third kappa shape index (κ3) is 2.47. The predicted octanol–water partition coefficient (Wildman–Crippen LogP) is 1.38. The van der Waals surface area contributed by atoms with E-state index in [2.05, 4.69) is 9.71 Å². The third-order valence-electron chi connectivity index (χ3n) is 4.53. The number of nitrogens with two attached hydrogens (primary N) is 1. The molecular formula is C13H19N3O2S. The Bertz CT molecular complexity index is 573. The van der Waals surface area contributed by atoms with Crippen molar-refractivity contribution in [1.82, 2.24) is 9.71 Å². The fourth-order valence-electron chi connectivity index (χ4n) is 3.54. The Morgan fingerprint density at radius 1 is 1.37 bits per heavy atom. The number of aromatic nitrogens is 1. The number of hydrogen-bond donors (Lipinski definition) is 2. The first kappa shape index (κ1) is 12.9. The highest BCUT2D eigenvalue weighted by Gasteiger charge is 2.39. The Balaban J connectivity index is 1.68. The van der Waals surface area contributed by atoms with E-state index in [1.54, 1.807) is 0 Å². The fraction of sp³-hybridized carbons (Fsp3) is 0.615. The van der Waals surface area contributed by atoms with Crippen LogP contribution in [-0.4, -0.2) is 19.9 Å². The molecule has 0 amide bonds. The van der Waals surface area contributed by atoms with Gasteiger partial charge in [-0.15, -0.1) is 0 Å². The zero-order valence-corrected chi connectivity index (χ0v) is 11.6. The molecule has 104 valence electrons. The van der Waals surface area contributed by atoms with Gasteiger partial charge in [-0.1, -0.05) is 6.42 Å². The van der Waals surface area contributed by atoms with Crippen molar-refractivity contribution in [2.75, 3.05) is 12.3 Å². The van der Waals surface area contributed by atoms with Crippen LogP contribution in [0.1, 0.15) is 25.7 Å². The summed E-state index contributed by atoms with van der Waals surface area (Å²) >= 11 is 0. The standard InChI is InChI=1S/C13H19N3O2S/c14-12-3-4-15-8-13(12)19(17,18)16-7-11-6-9-1-2-10(11)5-9/h3-4,8-11,16H,1-2,5-7H2,(H2,14,15). The Hall–Kier alpha value is -1.14. The molecule has 3 atom stereocenters.